The molecule has 0 saturated heterocycles. The summed E-state index contributed by atoms with van der Waals surface area (Å²) in [5.41, 5.74) is -0.170. The number of halogens is 1. The molecule has 5 nitrogen and oxygen atoms in total. The molecule has 1 unspecified atom stereocenters. The summed E-state index contributed by atoms with van der Waals surface area (Å²) in [6, 6.07) is 4.72. The summed E-state index contributed by atoms with van der Waals surface area (Å²) >= 11 is 0. The van der Waals surface area contributed by atoms with Gasteiger partial charge in [-0.25, -0.2) is 9.18 Å². The molecule has 0 aliphatic carbocycles. The maximum absolute atomic E-state index is 12.9. The van der Waals surface area contributed by atoms with Gasteiger partial charge in [0.2, 0.25) is 5.91 Å². The van der Waals surface area contributed by atoms with E-state index in [1.165, 1.54) is 24.3 Å². The molecule has 23 heavy (non-hydrogen) atoms. The summed E-state index contributed by atoms with van der Waals surface area (Å²) in [6.07, 6.45) is -0.177. The van der Waals surface area contributed by atoms with E-state index in [1.807, 2.05) is 13.8 Å². The highest BCUT2D eigenvalue weighted by molar-refractivity contribution is 5.96. The van der Waals surface area contributed by atoms with Gasteiger partial charge in [-0.15, -0.1) is 0 Å². The fraction of sp³-hybridized carbons (Fsp3) is 0.529. The van der Waals surface area contributed by atoms with Crippen LogP contribution in [0.15, 0.2) is 24.3 Å². The Hall–Kier alpha value is -2.11. The molecule has 1 aromatic rings. The molecule has 1 rings (SSSR count). The first kappa shape index (κ1) is 18.9. The molecule has 2 N–H and O–H groups in total. The number of rotatable bonds is 5. The van der Waals surface area contributed by atoms with Crippen LogP contribution in [0.25, 0.3) is 0 Å². The zero-order chi connectivity index (χ0) is 17.6. The van der Waals surface area contributed by atoms with Crippen LogP contribution in [0.2, 0.25) is 0 Å². The number of nitrogens with one attached hydrogen (secondary N) is 2. The maximum atomic E-state index is 12.9. The number of anilines is 1. The van der Waals surface area contributed by atoms with Crippen molar-refractivity contribution in [3.05, 3.63) is 30.1 Å². The van der Waals surface area contributed by atoms with Crippen LogP contribution in [0.4, 0.5) is 14.9 Å². The van der Waals surface area contributed by atoms with E-state index < -0.39 is 17.7 Å². The molecule has 1 atom stereocenters. The van der Waals surface area contributed by atoms with Crippen LogP contribution >= 0.6 is 0 Å². The highest BCUT2D eigenvalue weighted by atomic mass is 19.1. The van der Waals surface area contributed by atoms with Crippen LogP contribution < -0.4 is 10.6 Å². The van der Waals surface area contributed by atoms with Gasteiger partial charge >= 0.3 is 6.09 Å². The van der Waals surface area contributed by atoms with Gasteiger partial charge in [0.05, 0.1) is 0 Å². The predicted octanol–water partition coefficient (Wildman–Crippen LogP) is 3.70. The lowest BCUT2D eigenvalue weighted by Gasteiger charge is -2.24. The largest absolute Gasteiger partial charge is 0.444 e. The average Bonchev–Trinajstić information content (AvgIpc) is 2.38. The Morgan fingerprint density at radius 1 is 1.17 bits per heavy atom. The lowest BCUT2D eigenvalue weighted by Crippen LogP contribution is -2.46. The first-order valence-corrected chi connectivity index (χ1v) is 7.63. The summed E-state index contributed by atoms with van der Waals surface area (Å²) in [6.45, 7) is 9.16. The molecule has 0 fully saturated rings. The van der Waals surface area contributed by atoms with E-state index in [0.717, 1.165) is 0 Å². The van der Waals surface area contributed by atoms with Crippen molar-refractivity contribution in [1.29, 1.82) is 0 Å². The van der Waals surface area contributed by atoms with Crippen molar-refractivity contribution >= 4 is 17.7 Å². The van der Waals surface area contributed by atoms with Gasteiger partial charge in [0.15, 0.2) is 0 Å². The SMILES string of the molecule is CC(C)CC(NC(=O)OC(C)(C)C)C(=O)Nc1ccc(F)cc1. The quantitative estimate of drug-likeness (QED) is 0.868. The molecule has 2 amide bonds. The Bertz CT molecular complexity index is 536. The van der Waals surface area contributed by atoms with Crippen molar-refractivity contribution in [2.75, 3.05) is 5.32 Å². The smallest absolute Gasteiger partial charge is 0.408 e. The molecule has 0 aromatic heterocycles. The number of ether oxygens (including phenoxy) is 1. The number of amides is 2. The molecule has 0 radical (unpaired) electrons. The topological polar surface area (TPSA) is 67.4 Å². The van der Waals surface area contributed by atoms with Crippen molar-refractivity contribution in [2.24, 2.45) is 5.92 Å². The standard InChI is InChI=1S/C17H25FN2O3/c1-11(2)10-14(20-16(22)23-17(3,4)5)15(21)19-13-8-6-12(18)7-9-13/h6-9,11,14H,10H2,1-5H3,(H,19,21)(H,20,22). The highest BCUT2D eigenvalue weighted by Gasteiger charge is 2.25. The van der Waals surface area contributed by atoms with Crippen molar-refractivity contribution < 1.29 is 18.7 Å². The molecule has 0 spiro atoms. The van der Waals surface area contributed by atoms with E-state index in [1.54, 1.807) is 20.8 Å². The highest BCUT2D eigenvalue weighted by Crippen LogP contribution is 2.13. The lowest BCUT2D eigenvalue weighted by atomic mass is 10.0. The second kappa shape index (κ2) is 7.94. The van der Waals surface area contributed by atoms with Gasteiger partial charge < -0.3 is 15.4 Å². The third-order valence-electron chi connectivity index (χ3n) is 2.83. The molecule has 6 heteroatoms. The summed E-state index contributed by atoms with van der Waals surface area (Å²) < 4.78 is 18.1. The summed E-state index contributed by atoms with van der Waals surface area (Å²) in [5, 5.41) is 5.26. The Kier molecular flexibility index (Phi) is 6.54. The van der Waals surface area contributed by atoms with Crippen LogP contribution in [-0.4, -0.2) is 23.6 Å². The zero-order valence-corrected chi connectivity index (χ0v) is 14.3. The molecular formula is C17H25FN2O3. The van der Waals surface area contributed by atoms with Crippen molar-refractivity contribution in [2.45, 2.75) is 52.7 Å². The van der Waals surface area contributed by atoms with Gasteiger partial charge in [-0.1, -0.05) is 13.8 Å². The fourth-order valence-corrected chi connectivity index (χ4v) is 1.92. The van der Waals surface area contributed by atoms with Crippen LogP contribution in [-0.2, 0) is 9.53 Å². The first-order chi connectivity index (χ1) is 10.6. The van der Waals surface area contributed by atoms with Crippen LogP contribution in [0.1, 0.15) is 41.0 Å². The summed E-state index contributed by atoms with van der Waals surface area (Å²) in [7, 11) is 0. The molecule has 0 bridgehead atoms. The van der Waals surface area contributed by atoms with E-state index in [0.29, 0.717) is 12.1 Å². The molecular weight excluding hydrogens is 299 g/mol. The van der Waals surface area contributed by atoms with Crippen LogP contribution in [0.5, 0.6) is 0 Å². The zero-order valence-electron chi connectivity index (χ0n) is 14.3. The third-order valence-corrected chi connectivity index (χ3v) is 2.83. The van der Waals surface area contributed by atoms with Crippen molar-refractivity contribution in [3.63, 3.8) is 0 Å². The number of hydrogen-bond acceptors (Lipinski definition) is 3. The van der Waals surface area contributed by atoms with Gasteiger partial charge in [0.1, 0.15) is 17.5 Å². The predicted molar refractivity (Wildman–Crippen MR) is 87.6 cm³/mol. The fourth-order valence-electron chi connectivity index (χ4n) is 1.92. The number of benzene rings is 1. The van der Waals surface area contributed by atoms with Crippen LogP contribution in [0, 0.1) is 11.7 Å². The minimum absolute atomic E-state index is 0.203. The van der Waals surface area contributed by atoms with Crippen molar-refractivity contribution in [1.82, 2.24) is 5.32 Å². The maximum Gasteiger partial charge on any atom is 0.408 e. The molecule has 0 aliphatic rings. The van der Waals surface area contributed by atoms with Crippen LogP contribution in [0.3, 0.4) is 0 Å². The average molecular weight is 324 g/mol. The van der Waals surface area contributed by atoms with Crippen molar-refractivity contribution in [3.8, 4) is 0 Å². The van der Waals surface area contributed by atoms with Gasteiger partial charge in [-0.2, -0.15) is 0 Å². The lowest BCUT2D eigenvalue weighted by molar-refractivity contribution is -0.118. The van der Waals surface area contributed by atoms with Gasteiger partial charge in [-0.05, 0) is 57.4 Å². The second-order valence-electron chi connectivity index (χ2n) is 6.82. The minimum atomic E-state index is -0.727. The Labute approximate surface area is 136 Å². The first-order valence-electron chi connectivity index (χ1n) is 7.63. The van der Waals surface area contributed by atoms with E-state index in [-0.39, 0.29) is 17.6 Å². The number of carbonyl (C=O) groups excluding carboxylic acids is 2. The molecule has 0 saturated carbocycles. The Morgan fingerprint density at radius 2 is 1.74 bits per heavy atom. The number of hydrogen-bond donors (Lipinski definition) is 2. The van der Waals surface area contributed by atoms with Gasteiger partial charge in [-0.3, -0.25) is 4.79 Å². The monoisotopic (exact) mass is 324 g/mol. The Balaban J connectivity index is 2.74. The molecule has 128 valence electrons. The molecule has 1 aromatic carbocycles. The number of carbonyl (C=O) groups is 2. The normalized spacial score (nSPS) is 12.7. The van der Waals surface area contributed by atoms with E-state index >= 15 is 0 Å². The Morgan fingerprint density at radius 3 is 2.22 bits per heavy atom. The summed E-state index contributed by atoms with van der Waals surface area (Å²) in [4.78, 5) is 24.2. The van der Waals surface area contributed by atoms with E-state index in [2.05, 4.69) is 10.6 Å². The van der Waals surface area contributed by atoms with Gasteiger partial charge in [0.25, 0.3) is 0 Å². The van der Waals surface area contributed by atoms with E-state index in [9.17, 15) is 14.0 Å². The summed E-state index contributed by atoms with van der Waals surface area (Å²) in [5.74, 6) is -0.543. The third kappa shape index (κ3) is 7.63. The second-order valence-corrected chi connectivity index (χ2v) is 6.82. The molecule has 0 heterocycles. The molecule has 0 aliphatic heterocycles. The number of alkyl carbamates (subject to hydrolysis) is 1. The van der Waals surface area contributed by atoms with E-state index in [4.69, 9.17) is 4.74 Å². The minimum Gasteiger partial charge on any atom is -0.444 e. The van der Waals surface area contributed by atoms with Gasteiger partial charge in [0, 0.05) is 5.69 Å².